The minimum atomic E-state index is -0.305. The molecule has 0 saturated carbocycles. The second-order valence-corrected chi connectivity index (χ2v) is 6.76. The molecule has 124 valence electrons. The smallest absolute Gasteiger partial charge is 0.319 e. The largest absolute Gasteiger partial charge is 0.333 e. The van der Waals surface area contributed by atoms with Crippen molar-refractivity contribution in [2.24, 2.45) is 0 Å². The highest BCUT2D eigenvalue weighted by Crippen LogP contribution is 2.22. The number of nitrogens with zero attached hydrogens (tertiary/aromatic N) is 1. The van der Waals surface area contributed by atoms with Crippen molar-refractivity contribution >= 4 is 39.2 Å². The van der Waals surface area contributed by atoms with Crippen LogP contribution in [0.25, 0.3) is 0 Å². The van der Waals surface area contributed by atoms with Gasteiger partial charge in [-0.15, -0.1) is 0 Å². The summed E-state index contributed by atoms with van der Waals surface area (Å²) in [6.45, 7) is 2.49. The Balaban J connectivity index is 1.58. The third-order valence-electron chi connectivity index (χ3n) is 3.91. The normalized spacial score (nSPS) is 17.0. The van der Waals surface area contributed by atoms with E-state index in [1.165, 1.54) is 0 Å². The monoisotopic (exact) mass is 387 g/mol. The van der Waals surface area contributed by atoms with Gasteiger partial charge in [-0.05, 0) is 43.3 Å². The van der Waals surface area contributed by atoms with Crippen LogP contribution in [-0.2, 0) is 4.79 Å². The highest BCUT2D eigenvalue weighted by Gasteiger charge is 2.31. The molecule has 0 spiro atoms. The van der Waals surface area contributed by atoms with E-state index in [0.717, 1.165) is 15.7 Å². The molecule has 1 saturated heterocycles. The standard InChI is InChI=1S/C18H18BrN3O2/c1-12-2-8-16(9-3-12)22-11-15(10-17(22)23)21-18(24)20-14-6-4-13(19)5-7-14/h2-9,15H,10-11H2,1H3,(H2,20,21,24)/t15-/m1/s1. The third kappa shape index (κ3) is 3.94. The van der Waals surface area contributed by atoms with E-state index < -0.39 is 0 Å². The SMILES string of the molecule is Cc1ccc(N2C[C@H](NC(=O)Nc3ccc(Br)cc3)CC2=O)cc1. The summed E-state index contributed by atoms with van der Waals surface area (Å²) >= 11 is 3.35. The number of rotatable bonds is 3. The van der Waals surface area contributed by atoms with E-state index in [0.29, 0.717) is 18.7 Å². The minimum absolute atomic E-state index is 0.0211. The van der Waals surface area contributed by atoms with Crippen molar-refractivity contribution in [1.29, 1.82) is 0 Å². The van der Waals surface area contributed by atoms with Crippen LogP contribution in [0.2, 0.25) is 0 Å². The molecular formula is C18H18BrN3O2. The number of hydrogen-bond donors (Lipinski definition) is 2. The summed E-state index contributed by atoms with van der Waals surface area (Å²) in [4.78, 5) is 26.0. The first-order chi connectivity index (χ1) is 11.5. The third-order valence-corrected chi connectivity index (χ3v) is 4.44. The van der Waals surface area contributed by atoms with Crippen molar-refractivity contribution in [2.75, 3.05) is 16.8 Å². The number of urea groups is 1. The topological polar surface area (TPSA) is 61.4 Å². The molecule has 1 aliphatic heterocycles. The van der Waals surface area contributed by atoms with Crippen LogP contribution in [-0.4, -0.2) is 24.5 Å². The molecule has 0 bridgehead atoms. The molecule has 0 aliphatic carbocycles. The number of hydrogen-bond acceptors (Lipinski definition) is 2. The molecule has 0 aromatic heterocycles. The van der Waals surface area contributed by atoms with Gasteiger partial charge in [-0.25, -0.2) is 4.79 Å². The lowest BCUT2D eigenvalue weighted by Gasteiger charge is -2.17. The maximum Gasteiger partial charge on any atom is 0.319 e. The summed E-state index contributed by atoms with van der Waals surface area (Å²) in [5.41, 5.74) is 2.72. The van der Waals surface area contributed by atoms with Crippen molar-refractivity contribution in [3.63, 3.8) is 0 Å². The number of anilines is 2. The number of aryl methyl sites for hydroxylation is 1. The average Bonchev–Trinajstić information content (AvgIpc) is 2.90. The Hall–Kier alpha value is -2.34. The zero-order valence-electron chi connectivity index (χ0n) is 13.3. The Kier molecular flexibility index (Phi) is 4.85. The second kappa shape index (κ2) is 7.05. The van der Waals surface area contributed by atoms with Gasteiger partial charge in [0.2, 0.25) is 5.91 Å². The van der Waals surface area contributed by atoms with Crippen LogP contribution >= 0.6 is 15.9 Å². The number of amides is 3. The summed E-state index contributed by atoms with van der Waals surface area (Å²) in [5.74, 6) is 0.0211. The van der Waals surface area contributed by atoms with E-state index in [-0.39, 0.29) is 18.0 Å². The predicted molar refractivity (Wildman–Crippen MR) is 98.2 cm³/mol. The van der Waals surface area contributed by atoms with Gasteiger partial charge in [0.1, 0.15) is 0 Å². The lowest BCUT2D eigenvalue weighted by Crippen LogP contribution is -2.39. The van der Waals surface area contributed by atoms with Crippen molar-refractivity contribution in [3.8, 4) is 0 Å². The van der Waals surface area contributed by atoms with Gasteiger partial charge >= 0.3 is 6.03 Å². The molecule has 3 amide bonds. The average molecular weight is 388 g/mol. The van der Waals surface area contributed by atoms with Crippen LogP contribution in [0.3, 0.4) is 0 Å². The molecular weight excluding hydrogens is 370 g/mol. The van der Waals surface area contributed by atoms with Gasteiger partial charge in [-0.1, -0.05) is 33.6 Å². The molecule has 2 N–H and O–H groups in total. The molecule has 1 fully saturated rings. The van der Waals surface area contributed by atoms with Crippen LogP contribution in [0.15, 0.2) is 53.0 Å². The zero-order valence-corrected chi connectivity index (χ0v) is 14.8. The first kappa shape index (κ1) is 16.5. The Labute approximate surface area is 149 Å². The van der Waals surface area contributed by atoms with E-state index in [2.05, 4.69) is 26.6 Å². The summed E-state index contributed by atoms with van der Waals surface area (Å²) in [6, 6.07) is 14.6. The van der Waals surface area contributed by atoms with Gasteiger partial charge in [0.15, 0.2) is 0 Å². The molecule has 1 atom stereocenters. The maximum absolute atomic E-state index is 12.2. The summed E-state index contributed by atoms with van der Waals surface area (Å²) in [5, 5.41) is 5.63. The predicted octanol–water partition coefficient (Wildman–Crippen LogP) is 3.68. The molecule has 0 unspecified atom stereocenters. The number of benzene rings is 2. The molecule has 2 aromatic carbocycles. The van der Waals surface area contributed by atoms with Crippen LogP contribution in [0.4, 0.5) is 16.2 Å². The van der Waals surface area contributed by atoms with Crippen molar-refractivity contribution < 1.29 is 9.59 Å². The van der Waals surface area contributed by atoms with E-state index >= 15 is 0 Å². The van der Waals surface area contributed by atoms with Crippen LogP contribution in [0, 0.1) is 6.92 Å². The quantitative estimate of drug-likeness (QED) is 0.843. The highest BCUT2D eigenvalue weighted by atomic mass is 79.9. The lowest BCUT2D eigenvalue weighted by molar-refractivity contribution is -0.117. The first-order valence-corrected chi connectivity index (χ1v) is 8.51. The molecule has 6 heteroatoms. The molecule has 3 rings (SSSR count). The highest BCUT2D eigenvalue weighted by molar-refractivity contribution is 9.10. The lowest BCUT2D eigenvalue weighted by atomic mass is 10.2. The molecule has 0 radical (unpaired) electrons. The van der Waals surface area contributed by atoms with E-state index in [1.807, 2.05) is 55.5 Å². The number of carbonyl (C=O) groups is 2. The fourth-order valence-corrected chi connectivity index (χ4v) is 2.93. The maximum atomic E-state index is 12.2. The van der Waals surface area contributed by atoms with Crippen molar-refractivity contribution in [2.45, 2.75) is 19.4 Å². The van der Waals surface area contributed by atoms with Gasteiger partial charge in [0.05, 0.1) is 6.04 Å². The van der Waals surface area contributed by atoms with Gasteiger partial charge < -0.3 is 15.5 Å². The van der Waals surface area contributed by atoms with E-state index in [9.17, 15) is 9.59 Å². The number of halogens is 1. The zero-order chi connectivity index (χ0) is 17.1. The number of carbonyl (C=O) groups excluding carboxylic acids is 2. The Morgan fingerprint density at radius 2 is 1.79 bits per heavy atom. The molecule has 24 heavy (non-hydrogen) atoms. The van der Waals surface area contributed by atoms with Crippen molar-refractivity contribution in [3.05, 3.63) is 58.6 Å². The summed E-state index contributed by atoms with van der Waals surface area (Å²) in [7, 11) is 0. The number of nitrogens with one attached hydrogen (secondary N) is 2. The summed E-state index contributed by atoms with van der Waals surface area (Å²) < 4.78 is 0.948. The van der Waals surface area contributed by atoms with Gasteiger partial charge in [0.25, 0.3) is 0 Å². The molecule has 5 nitrogen and oxygen atoms in total. The van der Waals surface area contributed by atoms with Crippen LogP contribution in [0.1, 0.15) is 12.0 Å². The molecule has 1 aliphatic rings. The van der Waals surface area contributed by atoms with Gasteiger partial charge in [-0.2, -0.15) is 0 Å². The minimum Gasteiger partial charge on any atom is -0.333 e. The fraction of sp³-hybridized carbons (Fsp3) is 0.222. The fourth-order valence-electron chi connectivity index (χ4n) is 2.66. The van der Waals surface area contributed by atoms with Gasteiger partial charge in [0, 0.05) is 28.8 Å². The van der Waals surface area contributed by atoms with Crippen LogP contribution < -0.4 is 15.5 Å². The van der Waals surface area contributed by atoms with Crippen LogP contribution in [0.5, 0.6) is 0 Å². The second-order valence-electron chi connectivity index (χ2n) is 5.85. The van der Waals surface area contributed by atoms with Crippen molar-refractivity contribution in [1.82, 2.24) is 5.32 Å². The molecule has 2 aromatic rings. The Bertz CT molecular complexity index is 744. The van der Waals surface area contributed by atoms with E-state index in [4.69, 9.17) is 0 Å². The van der Waals surface area contributed by atoms with Gasteiger partial charge in [-0.3, -0.25) is 4.79 Å². The van der Waals surface area contributed by atoms with E-state index in [1.54, 1.807) is 4.90 Å². The molecule has 1 heterocycles. The Morgan fingerprint density at radius 3 is 2.46 bits per heavy atom. The first-order valence-electron chi connectivity index (χ1n) is 7.71. The Morgan fingerprint density at radius 1 is 1.12 bits per heavy atom. The summed E-state index contributed by atoms with van der Waals surface area (Å²) in [6.07, 6.45) is 0.307.